The number of carbonyl (C=O) groups is 8. The van der Waals surface area contributed by atoms with Gasteiger partial charge in [0.25, 0.3) is 0 Å². The zero-order valence-corrected chi connectivity index (χ0v) is 45.3. The van der Waals surface area contributed by atoms with E-state index in [9.17, 15) is 38.4 Å². The lowest BCUT2D eigenvalue weighted by molar-refractivity contribution is -0.145. The van der Waals surface area contributed by atoms with E-state index in [1.807, 2.05) is 12.1 Å². The minimum absolute atomic E-state index is 0.0257. The van der Waals surface area contributed by atoms with E-state index in [1.165, 1.54) is 38.5 Å². The Bertz CT molecular complexity index is 2750. The molecule has 4 atom stereocenters. The van der Waals surface area contributed by atoms with Crippen molar-refractivity contribution >= 4 is 69.3 Å². The lowest BCUT2D eigenvalue weighted by atomic mass is 10.1. The molecule has 0 spiro atoms. The molecule has 0 aliphatic rings. The highest BCUT2D eigenvalue weighted by Gasteiger charge is 2.31. The minimum Gasteiger partial charge on any atom is -0.497 e. The molecule has 0 aliphatic heterocycles. The number of ether oxygens (including phenoxy) is 6. The van der Waals surface area contributed by atoms with Gasteiger partial charge in [-0.05, 0) is 70.8 Å². The van der Waals surface area contributed by atoms with Crippen molar-refractivity contribution in [3.05, 3.63) is 192 Å². The Morgan fingerprint density at radius 3 is 1.01 bits per heavy atom. The van der Waals surface area contributed by atoms with E-state index in [4.69, 9.17) is 28.4 Å². The van der Waals surface area contributed by atoms with Gasteiger partial charge in [-0.25, -0.2) is 9.59 Å². The molecular formula is C58H60N6O14S2. The summed E-state index contributed by atoms with van der Waals surface area (Å²) in [4.78, 5) is 109. The molecule has 0 aliphatic carbocycles. The van der Waals surface area contributed by atoms with Crippen LogP contribution in [-0.4, -0.2) is 111 Å². The number of amides is 6. The van der Waals surface area contributed by atoms with E-state index >= 15 is 0 Å². The number of benzene rings is 6. The highest BCUT2D eigenvalue weighted by Crippen LogP contribution is 2.24. The van der Waals surface area contributed by atoms with Crippen molar-refractivity contribution in [1.29, 1.82) is 0 Å². The zero-order valence-electron chi connectivity index (χ0n) is 43.7. The van der Waals surface area contributed by atoms with Crippen LogP contribution >= 0.6 is 21.6 Å². The summed E-state index contributed by atoms with van der Waals surface area (Å²) in [6, 6.07) is 42.4. The molecule has 0 aromatic heterocycles. The molecule has 6 rings (SSSR count). The molecule has 20 nitrogen and oxygen atoms in total. The Morgan fingerprint density at radius 1 is 0.375 bits per heavy atom. The smallest absolute Gasteiger partial charge is 0.413 e. The fourth-order valence-corrected chi connectivity index (χ4v) is 9.58. The Kier molecular flexibility index (Phi) is 24.6. The lowest BCUT2D eigenvalue weighted by Gasteiger charge is -2.24. The molecule has 22 heteroatoms. The first-order valence-electron chi connectivity index (χ1n) is 25.0. The second-order valence-electron chi connectivity index (χ2n) is 17.3. The number of esters is 2. The molecule has 6 aromatic rings. The van der Waals surface area contributed by atoms with Crippen molar-refractivity contribution in [3.63, 3.8) is 0 Å². The Hall–Kier alpha value is -9.02. The van der Waals surface area contributed by atoms with Crippen LogP contribution in [0.25, 0.3) is 0 Å². The number of nitrogens with one attached hydrogen (secondary N) is 6. The Balaban J connectivity index is 1.18. The zero-order chi connectivity index (χ0) is 56.9. The van der Waals surface area contributed by atoms with Crippen molar-refractivity contribution in [2.75, 3.05) is 38.8 Å². The van der Waals surface area contributed by atoms with Crippen molar-refractivity contribution in [2.24, 2.45) is 0 Å². The molecule has 6 amide bonds. The quantitative estimate of drug-likeness (QED) is 0.0182. The van der Waals surface area contributed by atoms with Crippen LogP contribution in [0, 0.1) is 0 Å². The number of carbonyl (C=O) groups excluding carboxylic acids is 8. The first-order valence-corrected chi connectivity index (χ1v) is 27.4. The molecule has 80 heavy (non-hydrogen) atoms. The summed E-state index contributed by atoms with van der Waals surface area (Å²) in [5.41, 5.74) is 2.76. The SMILES string of the molecule is COc1ccc(OC(=O)N[C@@H](Cc2ccccc2)C(=O)N[C@@H](CSSC[C@H](NC(=O)[C@H](Cc2ccccc2)NC(=O)Oc2ccc(OC)cc2)C(=O)NCC(=O)OCc2ccccc2)C(=O)NCC(=O)OCc2ccccc2)cc1. The molecule has 6 aromatic carbocycles. The van der Waals surface area contributed by atoms with Crippen molar-refractivity contribution < 1.29 is 66.8 Å². The summed E-state index contributed by atoms with van der Waals surface area (Å²) in [5, 5.41) is 15.6. The first-order chi connectivity index (χ1) is 38.8. The fraction of sp³-hybridized carbons (Fsp3) is 0.241. The van der Waals surface area contributed by atoms with Gasteiger partial charge in [0.2, 0.25) is 23.6 Å². The molecule has 0 saturated carbocycles. The molecule has 0 heterocycles. The van der Waals surface area contributed by atoms with E-state index < -0.39 is 85.0 Å². The van der Waals surface area contributed by atoms with Crippen molar-refractivity contribution in [3.8, 4) is 23.0 Å². The topological polar surface area (TPSA) is 264 Å². The van der Waals surface area contributed by atoms with E-state index in [-0.39, 0.29) is 49.1 Å². The van der Waals surface area contributed by atoms with Gasteiger partial charge in [-0.2, -0.15) is 0 Å². The Labute approximate surface area is 470 Å². The maximum Gasteiger partial charge on any atom is 0.413 e. The van der Waals surface area contributed by atoms with E-state index in [1.54, 1.807) is 133 Å². The van der Waals surface area contributed by atoms with Crippen LogP contribution in [0.4, 0.5) is 9.59 Å². The van der Waals surface area contributed by atoms with Crippen LogP contribution in [0.5, 0.6) is 23.0 Å². The van der Waals surface area contributed by atoms with E-state index in [0.717, 1.165) is 32.7 Å². The van der Waals surface area contributed by atoms with Gasteiger partial charge in [-0.3, -0.25) is 28.8 Å². The lowest BCUT2D eigenvalue weighted by Crippen LogP contribution is -2.56. The number of hydrogen-bond acceptors (Lipinski definition) is 16. The van der Waals surface area contributed by atoms with Gasteiger partial charge in [0.1, 0.15) is 73.5 Å². The highest BCUT2D eigenvalue weighted by atomic mass is 33.1. The summed E-state index contributed by atoms with van der Waals surface area (Å²) in [5.74, 6) is -3.72. The maximum absolute atomic E-state index is 14.3. The standard InChI is InChI=1S/C58H60N6O14S2/c1-73-43-23-27-45(28-24-43)77-57(71)63-47(31-39-15-7-3-8-16-39)55(69)61-49(53(67)59-33-51(65)75-35-41-19-11-5-12-20-41)37-79-80-38-50(54(68)60-34-52(66)76-36-42-21-13-6-14-22-42)62-56(70)48(32-40-17-9-4-10-18-40)64-58(72)78-46-29-25-44(74-2)26-30-46/h3-30,47-50H,31-38H2,1-2H3,(H,59,67)(H,60,68)(H,61,69)(H,62,70)(H,63,71)(H,64,72)/t47-,48-,49-,50-/m0/s1. The second-order valence-corrected chi connectivity index (χ2v) is 19.9. The second kappa shape index (κ2) is 32.7. The predicted molar refractivity (Wildman–Crippen MR) is 299 cm³/mol. The summed E-state index contributed by atoms with van der Waals surface area (Å²) >= 11 is 0. The summed E-state index contributed by atoms with van der Waals surface area (Å²) in [7, 11) is 5.01. The third-order valence-corrected chi connectivity index (χ3v) is 13.9. The maximum atomic E-state index is 14.3. The molecular weight excluding hydrogens is 1070 g/mol. The monoisotopic (exact) mass is 1130 g/mol. The first kappa shape index (κ1) is 60.2. The normalized spacial score (nSPS) is 12.1. The van der Waals surface area contributed by atoms with Crippen molar-refractivity contribution in [2.45, 2.75) is 50.2 Å². The van der Waals surface area contributed by atoms with Crippen LogP contribution in [0.15, 0.2) is 170 Å². The van der Waals surface area contributed by atoms with Gasteiger partial charge < -0.3 is 60.3 Å². The van der Waals surface area contributed by atoms with Gasteiger partial charge in [0.15, 0.2) is 0 Å². The number of methoxy groups -OCH3 is 2. The molecule has 418 valence electrons. The highest BCUT2D eigenvalue weighted by molar-refractivity contribution is 8.76. The fourth-order valence-electron chi connectivity index (χ4n) is 7.25. The van der Waals surface area contributed by atoms with Crippen LogP contribution in [-0.2, 0) is 64.3 Å². The summed E-state index contributed by atoms with van der Waals surface area (Å²) in [6.07, 6.45) is -1.99. The molecule has 6 N–H and O–H groups in total. The predicted octanol–water partition coefficient (Wildman–Crippen LogP) is 5.87. The van der Waals surface area contributed by atoms with Crippen LogP contribution < -0.4 is 50.8 Å². The molecule has 0 saturated heterocycles. The van der Waals surface area contributed by atoms with Gasteiger partial charge in [0, 0.05) is 24.3 Å². The van der Waals surface area contributed by atoms with E-state index in [0.29, 0.717) is 22.6 Å². The van der Waals surface area contributed by atoms with E-state index in [2.05, 4.69) is 31.9 Å². The third-order valence-electron chi connectivity index (χ3n) is 11.4. The summed E-state index contributed by atoms with van der Waals surface area (Å²) in [6.45, 7) is -1.25. The largest absolute Gasteiger partial charge is 0.497 e. The van der Waals surface area contributed by atoms with Crippen LogP contribution in [0.1, 0.15) is 22.3 Å². The minimum atomic E-state index is -1.38. The van der Waals surface area contributed by atoms with Crippen LogP contribution in [0.3, 0.4) is 0 Å². The van der Waals surface area contributed by atoms with Crippen LogP contribution in [0.2, 0.25) is 0 Å². The van der Waals surface area contributed by atoms with Gasteiger partial charge in [-0.15, -0.1) is 0 Å². The van der Waals surface area contributed by atoms with Gasteiger partial charge >= 0.3 is 24.1 Å². The van der Waals surface area contributed by atoms with Crippen molar-refractivity contribution in [1.82, 2.24) is 31.9 Å². The molecule has 0 radical (unpaired) electrons. The number of hydrogen-bond donors (Lipinski definition) is 6. The summed E-state index contributed by atoms with van der Waals surface area (Å²) < 4.78 is 32.0. The Morgan fingerprint density at radius 2 is 0.688 bits per heavy atom. The molecule has 0 unspecified atom stereocenters. The average Bonchev–Trinajstić information content (AvgIpc) is 3.48. The third kappa shape index (κ3) is 21.4. The number of rotatable bonds is 29. The molecule has 0 bridgehead atoms. The molecule has 0 fully saturated rings. The van der Waals surface area contributed by atoms with Gasteiger partial charge in [-0.1, -0.05) is 143 Å². The average molecular weight is 1130 g/mol. The van der Waals surface area contributed by atoms with Gasteiger partial charge in [0.05, 0.1) is 14.2 Å².